The normalized spacial score (nSPS) is 10.5. The van der Waals surface area contributed by atoms with E-state index in [-0.39, 0.29) is 0 Å². The molecule has 2 nitrogen and oxygen atoms in total. The minimum atomic E-state index is 0.561. The van der Waals surface area contributed by atoms with Gasteiger partial charge in [-0.15, -0.1) is 0 Å². The summed E-state index contributed by atoms with van der Waals surface area (Å²) in [6.45, 7) is 0.757. The number of benzene rings is 2. The molecular formula is C15H15Cl2NO. The van der Waals surface area contributed by atoms with Gasteiger partial charge in [-0.1, -0.05) is 35.3 Å². The molecule has 0 heterocycles. The number of hydrogen-bond acceptors (Lipinski definition) is 2. The van der Waals surface area contributed by atoms with Gasteiger partial charge in [0.25, 0.3) is 0 Å². The number of ether oxygens (including phenoxy) is 1. The van der Waals surface area contributed by atoms with Crippen molar-refractivity contribution in [2.24, 2.45) is 0 Å². The molecule has 0 amide bonds. The van der Waals surface area contributed by atoms with Crippen molar-refractivity contribution in [3.63, 3.8) is 0 Å². The average Bonchev–Trinajstić information content (AvgIpc) is 2.42. The Hall–Kier alpha value is -1.22. The smallest absolute Gasteiger partial charge is 0.119 e. The van der Waals surface area contributed by atoms with Crippen LogP contribution in [0, 0.1) is 0 Å². The molecule has 100 valence electrons. The molecule has 0 bridgehead atoms. The summed E-state index contributed by atoms with van der Waals surface area (Å²) in [5, 5.41) is 4.28. The maximum atomic E-state index is 6.08. The van der Waals surface area contributed by atoms with Gasteiger partial charge in [0.05, 0.1) is 17.2 Å². The molecule has 0 spiro atoms. The van der Waals surface area contributed by atoms with Crippen LogP contribution in [0.5, 0.6) is 5.75 Å². The zero-order valence-electron chi connectivity index (χ0n) is 10.8. The van der Waals surface area contributed by atoms with E-state index in [0.29, 0.717) is 10.0 Å². The monoisotopic (exact) mass is 295 g/mol. The lowest BCUT2D eigenvalue weighted by molar-refractivity contribution is 0.414. The van der Waals surface area contributed by atoms with E-state index < -0.39 is 0 Å². The Kier molecular flexibility index (Phi) is 4.70. The summed E-state index contributed by atoms with van der Waals surface area (Å²) in [6, 6.07) is 11.7. The molecule has 0 radical (unpaired) electrons. The molecule has 2 aromatic carbocycles. The number of nitrogens with one attached hydrogen (secondary N) is 1. The summed E-state index contributed by atoms with van der Waals surface area (Å²) >= 11 is 12.0. The van der Waals surface area contributed by atoms with Gasteiger partial charge in [0, 0.05) is 6.54 Å². The van der Waals surface area contributed by atoms with Gasteiger partial charge < -0.3 is 10.1 Å². The van der Waals surface area contributed by atoms with Gasteiger partial charge in [-0.3, -0.25) is 0 Å². The molecule has 1 N–H and O–H groups in total. The van der Waals surface area contributed by atoms with Crippen LogP contribution in [0.25, 0.3) is 11.1 Å². The first-order valence-corrected chi connectivity index (χ1v) is 6.68. The summed E-state index contributed by atoms with van der Waals surface area (Å²) in [4.78, 5) is 0. The molecule has 0 aromatic heterocycles. The van der Waals surface area contributed by atoms with E-state index in [1.165, 1.54) is 0 Å². The van der Waals surface area contributed by atoms with Gasteiger partial charge in [-0.25, -0.2) is 0 Å². The molecular weight excluding hydrogens is 281 g/mol. The first-order valence-electron chi connectivity index (χ1n) is 5.92. The minimum absolute atomic E-state index is 0.561. The summed E-state index contributed by atoms with van der Waals surface area (Å²) in [6.07, 6.45) is 0. The Balaban J connectivity index is 2.50. The fourth-order valence-electron chi connectivity index (χ4n) is 1.98. The summed E-state index contributed by atoms with van der Waals surface area (Å²) in [5.41, 5.74) is 3.32. The van der Waals surface area contributed by atoms with Crippen LogP contribution in [0.3, 0.4) is 0 Å². The molecule has 0 aliphatic rings. The number of methoxy groups -OCH3 is 1. The standard InChI is InChI=1S/C15H15Cl2NO/c1-18-9-11-7-12(19-2)4-5-13(11)10-3-6-14(16)15(17)8-10/h3-8,18H,9H2,1-2H3. The fraction of sp³-hybridized carbons (Fsp3) is 0.200. The van der Waals surface area contributed by atoms with Crippen LogP contribution in [0.15, 0.2) is 36.4 Å². The lowest BCUT2D eigenvalue weighted by Gasteiger charge is -2.12. The molecule has 0 saturated carbocycles. The van der Waals surface area contributed by atoms with Crippen molar-refractivity contribution in [1.82, 2.24) is 5.32 Å². The van der Waals surface area contributed by atoms with E-state index in [1.54, 1.807) is 7.11 Å². The van der Waals surface area contributed by atoms with Gasteiger partial charge in [0.2, 0.25) is 0 Å². The van der Waals surface area contributed by atoms with Gasteiger partial charge in [0.1, 0.15) is 5.75 Å². The van der Waals surface area contributed by atoms with Crippen molar-refractivity contribution in [2.45, 2.75) is 6.54 Å². The van der Waals surface area contributed by atoms with Crippen LogP contribution in [0.4, 0.5) is 0 Å². The molecule has 2 rings (SSSR count). The zero-order valence-corrected chi connectivity index (χ0v) is 12.3. The molecule has 0 saturated heterocycles. The SMILES string of the molecule is CNCc1cc(OC)ccc1-c1ccc(Cl)c(Cl)c1. The van der Waals surface area contributed by atoms with Gasteiger partial charge >= 0.3 is 0 Å². The van der Waals surface area contributed by atoms with E-state index in [4.69, 9.17) is 27.9 Å². The Morgan fingerprint density at radius 1 is 1.05 bits per heavy atom. The van der Waals surface area contributed by atoms with E-state index in [9.17, 15) is 0 Å². The fourth-order valence-corrected chi connectivity index (χ4v) is 2.28. The van der Waals surface area contributed by atoms with E-state index in [0.717, 1.165) is 29.0 Å². The summed E-state index contributed by atoms with van der Waals surface area (Å²) in [5.74, 6) is 0.842. The Morgan fingerprint density at radius 3 is 2.47 bits per heavy atom. The van der Waals surface area contributed by atoms with Crippen molar-refractivity contribution in [3.8, 4) is 16.9 Å². The van der Waals surface area contributed by atoms with E-state index >= 15 is 0 Å². The lowest BCUT2D eigenvalue weighted by atomic mass is 9.99. The van der Waals surface area contributed by atoms with Crippen molar-refractivity contribution in [2.75, 3.05) is 14.2 Å². The van der Waals surface area contributed by atoms with Crippen LogP contribution < -0.4 is 10.1 Å². The molecule has 0 atom stereocenters. The second-order valence-corrected chi connectivity index (χ2v) is 5.00. The predicted octanol–water partition coefficient (Wildman–Crippen LogP) is 4.39. The largest absolute Gasteiger partial charge is 0.497 e. The van der Waals surface area contributed by atoms with Gasteiger partial charge in [0.15, 0.2) is 0 Å². The molecule has 19 heavy (non-hydrogen) atoms. The van der Waals surface area contributed by atoms with Crippen LogP contribution in [-0.4, -0.2) is 14.2 Å². The third-order valence-corrected chi connectivity index (χ3v) is 3.65. The highest BCUT2D eigenvalue weighted by Gasteiger charge is 2.08. The van der Waals surface area contributed by atoms with Crippen molar-refractivity contribution < 1.29 is 4.74 Å². The summed E-state index contributed by atoms with van der Waals surface area (Å²) < 4.78 is 5.26. The second-order valence-electron chi connectivity index (χ2n) is 4.18. The van der Waals surface area contributed by atoms with Crippen LogP contribution in [-0.2, 0) is 6.54 Å². The lowest BCUT2D eigenvalue weighted by Crippen LogP contribution is -2.06. The van der Waals surface area contributed by atoms with Crippen LogP contribution in [0.2, 0.25) is 10.0 Å². The van der Waals surface area contributed by atoms with E-state index in [1.807, 2.05) is 43.4 Å². The van der Waals surface area contributed by atoms with Gasteiger partial charge in [-0.2, -0.15) is 0 Å². The third kappa shape index (κ3) is 3.21. The quantitative estimate of drug-likeness (QED) is 0.903. The zero-order chi connectivity index (χ0) is 13.8. The molecule has 0 fully saturated rings. The highest BCUT2D eigenvalue weighted by Crippen LogP contribution is 2.32. The molecule has 0 aliphatic carbocycles. The Bertz CT molecular complexity index is 584. The third-order valence-electron chi connectivity index (χ3n) is 2.91. The Morgan fingerprint density at radius 2 is 1.84 bits per heavy atom. The number of halogens is 2. The van der Waals surface area contributed by atoms with E-state index in [2.05, 4.69) is 5.32 Å². The molecule has 2 aromatic rings. The highest BCUT2D eigenvalue weighted by molar-refractivity contribution is 6.42. The maximum absolute atomic E-state index is 6.08. The first kappa shape index (κ1) is 14.2. The predicted molar refractivity (Wildman–Crippen MR) is 81.2 cm³/mol. The minimum Gasteiger partial charge on any atom is -0.497 e. The molecule has 4 heteroatoms. The first-order chi connectivity index (χ1) is 9.15. The highest BCUT2D eigenvalue weighted by atomic mass is 35.5. The topological polar surface area (TPSA) is 21.3 Å². The molecule has 0 unspecified atom stereocenters. The van der Waals surface area contributed by atoms with Crippen LogP contribution >= 0.6 is 23.2 Å². The second kappa shape index (κ2) is 6.29. The van der Waals surface area contributed by atoms with Crippen molar-refractivity contribution in [1.29, 1.82) is 0 Å². The van der Waals surface area contributed by atoms with Crippen molar-refractivity contribution in [3.05, 3.63) is 52.0 Å². The number of hydrogen-bond donors (Lipinski definition) is 1. The Labute approximate surface area is 123 Å². The average molecular weight is 296 g/mol. The van der Waals surface area contributed by atoms with Gasteiger partial charge in [-0.05, 0) is 48.0 Å². The van der Waals surface area contributed by atoms with Crippen molar-refractivity contribution >= 4 is 23.2 Å². The molecule has 0 aliphatic heterocycles. The maximum Gasteiger partial charge on any atom is 0.119 e. The van der Waals surface area contributed by atoms with Crippen LogP contribution in [0.1, 0.15) is 5.56 Å². The number of rotatable bonds is 4. The summed E-state index contributed by atoms with van der Waals surface area (Å²) in [7, 11) is 3.58.